The van der Waals surface area contributed by atoms with Crippen LogP contribution in [0.5, 0.6) is 5.75 Å². The molecule has 0 saturated heterocycles. The first-order chi connectivity index (χ1) is 14.1. The van der Waals surface area contributed by atoms with Gasteiger partial charge in [-0.1, -0.05) is 25.1 Å². The first kappa shape index (κ1) is 21.3. The highest BCUT2D eigenvalue weighted by Gasteiger charge is 2.33. The molecule has 1 aliphatic rings. The molecule has 29 heavy (non-hydrogen) atoms. The van der Waals surface area contributed by atoms with E-state index in [1.54, 1.807) is 23.3 Å². The van der Waals surface area contributed by atoms with Gasteiger partial charge in [-0.05, 0) is 35.6 Å². The van der Waals surface area contributed by atoms with Gasteiger partial charge in [0.2, 0.25) is 11.8 Å². The van der Waals surface area contributed by atoms with Crippen LogP contribution in [0.1, 0.15) is 29.8 Å². The number of nitrogens with zero attached hydrogens (tertiary/aromatic N) is 2. The average Bonchev–Trinajstić information content (AvgIpc) is 3.24. The Morgan fingerprint density at radius 2 is 2.03 bits per heavy atom. The van der Waals surface area contributed by atoms with E-state index in [2.05, 4.69) is 11.4 Å². The molecule has 0 radical (unpaired) electrons. The third kappa shape index (κ3) is 5.36. The fraction of sp³-hybridized carbons (Fsp3) is 0.455. The molecule has 0 unspecified atom stereocenters. The molecule has 1 aromatic carbocycles. The number of benzene rings is 1. The summed E-state index contributed by atoms with van der Waals surface area (Å²) in [5, 5.41) is 2.07. The molecular formula is C22H28N2O4S. The van der Waals surface area contributed by atoms with Gasteiger partial charge in [0.05, 0.1) is 19.2 Å². The van der Waals surface area contributed by atoms with Gasteiger partial charge in [-0.3, -0.25) is 9.59 Å². The third-order valence-electron chi connectivity index (χ3n) is 5.11. The van der Waals surface area contributed by atoms with Gasteiger partial charge >= 0.3 is 0 Å². The molecule has 7 heteroatoms. The fourth-order valence-electron chi connectivity index (χ4n) is 3.54. The molecule has 1 aromatic heterocycles. The van der Waals surface area contributed by atoms with Gasteiger partial charge in [0.25, 0.3) is 0 Å². The number of thiophene rings is 1. The Kier molecular flexibility index (Phi) is 7.66. The highest BCUT2D eigenvalue weighted by Crippen LogP contribution is 2.34. The predicted octanol–water partition coefficient (Wildman–Crippen LogP) is 3.14. The van der Waals surface area contributed by atoms with Crippen LogP contribution in [-0.4, -0.2) is 61.6 Å². The van der Waals surface area contributed by atoms with Gasteiger partial charge in [-0.15, -0.1) is 11.3 Å². The Hall–Kier alpha value is -2.38. The van der Waals surface area contributed by atoms with Gasteiger partial charge in [0.1, 0.15) is 12.4 Å². The van der Waals surface area contributed by atoms with E-state index in [4.69, 9.17) is 9.47 Å². The lowest BCUT2D eigenvalue weighted by molar-refractivity contribution is -0.143. The Labute approximate surface area is 176 Å². The quantitative estimate of drug-likeness (QED) is 0.630. The summed E-state index contributed by atoms with van der Waals surface area (Å²) < 4.78 is 11.1. The second kappa shape index (κ2) is 10.4. The molecule has 0 aliphatic carbocycles. The van der Waals surface area contributed by atoms with E-state index in [1.807, 2.05) is 42.2 Å². The molecular weight excluding hydrogens is 388 g/mol. The lowest BCUT2D eigenvalue weighted by Crippen LogP contribution is -2.48. The summed E-state index contributed by atoms with van der Waals surface area (Å²) in [4.78, 5) is 30.2. The molecule has 0 saturated carbocycles. The van der Waals surface area contributed by atoms with Crippen molar-refractivity contribution in [2.24, 2.45) is 0 Å². The minimum Gasteiger partial charge on any atom is -0.491 e. The van der Waals surface area contributed by atoms with Crippen LogP contribution in [0.2, 0.25) is 0 Å². The maximum Gasteiger partial charge on any atom is 0.242 e. The Morgan fingerprint density at radius 3 is 2.76 bits per heavy atom. The van der Waals surface area contributed by atoms with Crippen LogP contribution in [0, 0.1) is 0 Å². The number of ether oxygens (including phenoxy) is 2. The van der Waals surface area contributed by atoms with Crippen molar-refractivity contribution in [3.05, 3.63) is 52.2 Å². The summed E-state index contributed by atoms with van der Waals surface area (Å²) in [7, 11) is 1.59. The predicted molar refractivity (Wildman–Crippen MR) is 113 cm³/mol. The molecule has 2 aromatic rings. The van der Waals surface area contributed by atoms with Crippen molar-refractivity contribution in [1.29, 1.82) is 0 Å². The maximum absolute atomic E-state index is 13.2. The lowest BCUT2D eigenvalue weighted by atomic mass is 10.0. The second-order valence-corrected chi connectivity index (χ2v) is 7.94. The van der Waals surface area contributed by atoms with Gasteiger partial charge in [0, 0.05) is 31.5 Å². The van der Waals surface area contributed by atoms with Crippen LogP contribution < -0.4 is 4.74 Å². The molecule has 0 N–H and O–H groups in total. The monoisotopic (exact) mass is 416 g/mol. The van der Waals surface area contributed by atoms with Crippen molar-refractivity contribution < 1.29 is 19.1 Å². The summed E-state index contributed by atoms with van der Waals surface area (Å²) in [5.41, 5.74) is 1.15. The van der Waals surface area contributed by atoms with Crippen molar-refractivity contribution in [2.75, 3.05) is 40.0 Å². The summed E-state index contributed by atoms with van der Waals surface area (Å²) in [6.45, 7) is 3.72. The number of hydrogen-bond donors (Lipinski definition) is 0. The highest BCUT2D eigenvalue weighted by atomic mass is 32.1. The van der Waals surface area contributed by atoms with E-state index in [1.165, 1.54) is 4.88 Å². The molecule has 0 fully saturated rings. The maximum atomic E-state index is 13.2. The number of carbonyl (C=O) groups is 2. The Balaban J connectivity index is 1.74. The van der Waals surface area contributed by atoms with Crippen LogP contribution in [-0.2, 0) is 20.7 Å². The molecule has 1 aliphatic heterocycles. The normalized spacial score (nSPS) is 15.7. The molecule has 156 valence electrons. The molecule has 1 atom stereocenters. The van der Waals surface area contributed by atoms with E-state index in [-0.39, 0.29) is 24.4 Å². The van der Waals surface area contributed by atoms with Crippen molar-refractivity contribution in [3.8, 4) is 5.75 Å². The summed E-state index contributed by atoms with van der Waals surface area (Å²) in [5.74, 6) is 0.687. The number of para-hydroxylation sites is 1. The van der Waals surface area contributed by atoms with E-state index < -0.39 is 0 Å². The Bertz CT molecular complexity index is 808. The van der Waals surface area contributed by atoms with Crippen LogP contribution in [0.25, 0.3) is 0 Å². The van der Waals surface area contributed by atoms with Gasteiger partial charge in [-0.25, -0.2) is 0 Å². The number of methoxy groups -OCH3 is 1. The van der Waals surface area contributed by atoms with Crippen molar-refractivity contribution >= 4 is 23.2 Å². The number of amides is 2. The average molecular weight is 417 g/mol. The zero-order valence-electron chi connectivity index (χ0n) is 17.0. The summed E-state index contributed by atoms with van der Waals surface area (Å²) in [6, 6.07) is 11.6. The summed E-state index contributed by atoms with van der Waals surface area (Å²) >= 11 is 1.72. The molecule has 3 rings (SSSR count). The number of rotatable bonds is 9. The second-order valence-electron chi connectivity index (χ2n) is 6.94. The number of hydrogen-bond acceptors (Lipinski definition) is 5. The molecule has 0 bridgehead atoms. The minimum absolute atomic E-state index is 0.0410. The molecule has 6 nitrogen and oxygen atoms in total. The topological polar surface area (TPSA) is 59.1 Å². The number of fused-ring (bicyclic) bond motifs is 1. The van der Waals surface area contributed by atoms with Crippen molar-refractivity contribution in [3.63, 3.8) is 0 Å². The third-order valence-corrected chi connectivity index (χ3v) is 6.11. The van der Waals surface area contributed by atoms with E-state index in [9.17, 15) is 9.59 Å². The first-order valence-electron chi connectivity index (χ1n) is 9.94. The van der Waals surface area contributed by atoms with E-state index >= 15 is 0 Å². The molecule has 2 amide bonds. The van der Waals surface area contributed by atoms with Crippen LogP contribution in [0.4, 0.5) is 0 Å². The SMILES string of the molecule is CCC(=O)N(CCOC)CC(=O)N1CCc2sccc2[C@H]1COc1ccccc1. The standard InChI is InChI=1S/C22H28N2O4S/c1-3-21(25)23(12-13-27-2)15-22(26)24-11-9-20-18(10-14-29-20)19(24)16-28-17-7-5-4-6-8-17/h4-8,10,14,19H,3,9,11-13,15-16H2,1-2H3/t19-/m1/s1. The molecule has 0 spiro atoms. The zero-order chi connectivity index (χ0) is 20.6. The van der Waals surface area contributed by atoms with E-state index in [0.717, 1.165) is 17.7 Å². The molecule has 2 heterocycles. The minimum atomic E-state index is -0.154. The van der Waals surface area contributed by atoms with Gasteiger partial charge in [0.15, 0.2) is 0 Å². The van der Waals surface area contributed by atoms with Crippen LogP contribution in [0.15, 0.2) is 41.8 Å². The first-order valence-corrected chi connectivity index (χ1v) is 10.8. The zero-order valence-corrected chi connectivity index (χ0v) is 17.8. The van der Waals surface area contributed by atoms with Crippen molar-refractivity contribution in [1.82, 2.24) is 9.80 Å². The van der Waals surface area contributed by atoms with Crippen LogP contribution >= 0.6 is 11.3 Å². The fourth-order valence-corrected chi connectivity index (χ4v) is 4.47. The van der Waals surface area contributed by atoms with Gasteiger partial charge in [-0.2, -0.15) is 0 Å². The summed E-state index contributed by atoms with van der Waals surface area (Å²) in [6.07, 6.45) is 1.20. The van der Waals surface area contributed by atoms with Crippen molar-refractivity contribution in [2.45, 2.75) is 25.8 Å². The van der Waals surface area contributed by atoms with Crippen LogP contribution in [0.3, 0.4) is 0 Å². The smallest absolute Gasteiger partial charge is 0.242 e. The number of carbonyl (C=O) groups excluding carboxylic acids is 2. The van der Waals surface area contributed by atoms with E-state index in [0.29, 0.717) is 32.7 Å². The Morgan fingerprint density at radius 1 is 1.24 bits per heavy atom. The lowest BCUT2D eigenvalue weighted by Gasteiger charge is -2.37. The van der Waals surface area contributed by atoms with Gasteiger partial charge < -0.3 is 19.3 Å². The largest absolute Gasteiger partial charge is 0.491 e. The highest BCUT2D eigenvalue weighted by molar-refractivity contribution is 7.10.